The third kappa shape index (κ3) is 5.70. The summed E-state index contributed by atoms with van der Waals surface area (Å²) in [6, 6.07) is 7.36. The number of nitrogens with one attached hydrogen (secondary N) is 1. The Hall–Kier alpha value is -3.24. The Labute approximate surface area is 220 Å². The molecule has 1 aromatic carbocycles. The van der Waals surface area contributed by atoms with Gasteiger partial charge in [-0.3, -0.25) is 19.2 Å². The van der Waals surface area contributed by atoms with E-state index in [4.69, 9.17) is 16.1 Å². The van der Waals surface area contributed by atoms with Crippen LogP contribution in [0.15, 0.2) is 28.8 Å². The molecule has 0 radical (unpaired) electrons. The average Bonchev–Trinajstić information content (AvgIpc) is 3.49. The quantitative estimate of drug-likeness (QED) is 0.560. The zero-order chi connectivity index (χ0) is 25.9. The molecule has 11 heteroatoms. The number of likely N-dealkylation sites (N-methyl/N-ethyl adjacent to an activating group) is 1. The number of aromatic nitrogens is 4. The van der Waals surface area contributed by atoms with Crippen LogP contribution in [0.25, 0.3) is 11.4 Å². The number of nitrogens with zero attached hydrogens (tertiary/aromatic N) is 6. The molecule has 2 bridgehead atoms. The van der Waals surface area contributed by atoms with Crippen molar-refractivity contribution in [1.29, 1.82) is 0 Å². The zero-order valence-electron chi connectivity index (χ0n) is 21.2. The van der Waals surface area contributed by atoms with Crippen molar-refractivity contribution >= 4 is 23.4 Å². The smallest absolute Gasteiger partial charge is 0.272 e. The number of carbonyl (C=O) groups is 2. The SMILES string of the molecule is CN1C(=O)CCCN(Cc2nc(-c3ccc(Cl)cc3)no2)CCCNC(=O)c2nn(C)c3c2CC1CC3. The molecule has 0 saturated carbocycles. The van der Waals surface area contributed by atoms with Crippen LogP contribution in [0.4, 0.5) is 0 Å². The van der Waals surface area contributed by atoms with Crippen molar-refractivity contribution in [1.82, 2.24) is 35.0 Å². The van der Waals surface area contributed by atoms with Crippen LogP contribution >= 0.6 is 11.6 Å². The molecular formula is C26H32ClN7O3. The second kappa shape index (κ2) is 11.0. The first-order chi connectivity index (χ1) is 17.9. The number of aryl methyl sites for hydroxylation is 1. The molecule has 5 rings (SSSR count). The van der Waals surface area contributed by atoms with Gasteiger partial charge in [0.2, 0.25) is 17.6 Å². The van der Waals surface area contributed by atoms with Crippen molar-refractivity contribution in [3.63, 3.8) is 0 Å². The molecule has 2 aliphatic rings. The van der Waals surface area contributed by atoms with Crippen LogP contribution in [0.5, 0.6) is 0 Å². The van der Waals surface area contributed by atoms with E-state index in [1.54, 1.807) is 12.1 Å². The number of hydrogen-bond acceptors (Lipinski definition) is 7. The summed E-state index contributed by atoms with van der Waals surface area (Å²) in [5.74, 6) is 0.988. The first-order valence-electron chi connectivity index (χ1n) is 12.8. The molecule has 1 aliphatic carbocycles. The number of carbonyl (C=O) groups excluding carboxylic acids is 2. The third-order valence-electron chi connectivity index (χ3n) is 7.32. The van der Waals surface area contributed by atoms with Gasteiger partial charge >= 0.3 is 0 Å². The Balaban J connectivity index is 1.29. The lowest BCUT2D eigenvalue weighted by molar-refractivity contribution is -0.132. The fourth-order valence-corrected chi connectivity index (χ4v) is 5.33. The van der Waals surface area contributed by atoms with E-state index in [0.29, 0.717) is 61.5 Å². The fraction of sp³-hybridized carbons (Fsp3) is 0.500. The number of halogens is 1. The Morgan fingerprint density at radius 2 is 1.89 bits per heavy atom. The van der Waals surface area contributed by atoms with E-state index in [1.807, 2.05) is 35.8 Å². The summed E-state index contributed by atoms with van der Waals surface area (Å²) in [7, 11) is 3.76. The second-order valence-corrected chi connectivity index (χ2v) is 10.2. The Kier molecular flexibility index (Phi) is 7.57. The van der Waals surface area contributed by atoms with Crippen LogP contribution in [0.2, 0.25) is 5.02 Å². The lowest BCUT2D eigenvalue weighted by Crippen LogP contribution is -2.41. The highest BCUT2D eigenvalue weighted by molar-refractivity contribution is 6.30. The highest BCUT2D eigenvalue weighted by Crippen LogP contribution is 2.27. The van der Waals surface area contributed by atoms with Gasteiger partial charge in [-0.05, 0) is 62.9 Å². The molecule has 37 heavy (non-hydrogen) atoms. The summed E-state index contributed by atoms with van der Waals surface area (Å²) in [6.45, 7) is 2.42. The number of amides is 2. The van der Waals surface area contributed by atoms with E-state index in [-0.39, 0.29) is 17.9 Å². The first kappa shape index (κ1) is 25.4. The topological polar surface area (TPSA) is 109 Å². The normalized spacial score (nSPS) is 19.9. The fourth-order valence-electron chi connectivity index (χ4n) is 5.20. The van der Waals surface area contributed by atoms with E-state index in [9.17, 15) is 9.59 Å². The van der Waals surface area contributed by atoms with Crippen LogP contribution in [0.1, 0.15) is 53.3 Å². The molecule has 2 aromatic heterocycles. The predicted octanol–water partition coefficient (Wildman–Crippen LogP) is 2.86. The molecule has 3 heterocycles. The van der Waals surface area contributed by atoms with Gasteiger partial charge in [-0.25, -0.2) is 0 Å². The average molecular weight is 526 g/mol. The van der Waals surface area contributed by atoms with Gasteiger partial charge in [-0.1, -0.05) is 16.8 Å². The van der Waals surface area contributed by atoms with Gasteiger partial charge in [-0.15, -0.1) is 0 Å². The lowest BCUT2D eigenvalue weighted by atomic mass is 9.90. The lowest BCUT2D eigenvalue weighted by Gasteiger charge is -2.32. The molecule has 0 spiro atoms. The summed E-state index contributed by atoms with van der Waals surface area (Å²) in [4.78, 5) is 34.6. The van der Waals surface area contributed by atoms with Crippen LogP contribution in [-0.2, 0) is 31.2 Å². The van der Waals surface area contributed by atoms with Gasteiger partial charge in [0.25, 0.3) is 5.91 Å². The Bertz CT molecular complexity index is 1270. The summed E-state index contributed by atoms with van der Waals surface area (Å²) >= 11 is 5.98. The van der Waals surface area contributed by atoms with Gasteiger partial charge < -0.3 is 14.7 Å². The Morgan fingerprint density at radius 1 is 1.11 bits per heavy atom. The summed E-state index contributed by atoms with van der Waals surface area (Å²) in [5.41, 5.74) is 3.38. The molecule has 0 saturated heterocycles. The molecular weight excluding hydrogens is 494 g/mol. The maximum absolute atomic E-state index is 13.0. The van der Waals surface area contributed by atoms with E-state index in [0.717, 1.165) is 42.5 Å². The van der Waals surface area contributed by atoms with Crippen molar-refractivity contribution in [2.75, 3.05) is 26.7 Å². The summed E-state index contributed by atoms with van der Waals surface area (Å²) in [6.07, 6.45) is 4.28. The van der Waals surface area contributed by atoms with Crippen molar-refractivity contribution in [2.45, 2.75) is 51.1 Å². The van der Waals surface area contributed by atoms with Crippen molar-refractivity contribution < 1.29 is 14.1 Å². The predicted molar refractivity (Wildman–Crippen MR) is 138 cm³/mol. The van der Waals surface area contributed by atoms with Crippen molar-refractivity contribution in [2.24, 2.45) is 7.05 Å². The number of fused-ring (bicyclic) bond motifs is 1. The molecule has 1 unspecified atom stereocenters. The minimum atomic E-state index is -0.155. The van der Waals surface area contributed by atoms with E-state index >= 15 is 0 Å². The molecule has 0 fully saturated rings. The number of rotatable bonds is 3. The van der Waals surface area contributed by atoms with E-state index in [1.165, 1.54) is 0 Å². The highest BCUT2D eigenvalue weighted by atomic mass is 35.5. The van der Waals surface area contributed by atoms with Crippen LogP contribution in [-0.4, -0.2) is 74.3 Å². The first-order valence-corrected chi connectivity index (χ1v) is 13.2. The zero-order valence-corrected chi connectivity index (χ0v) is 22.0. The van der Waals surface area contributed by atoms with Gasteiger partial charge in [0.1, 0.15) is 0 Å². The summed E-state index contributed by atoms with van der Waals surface area (Å²) in [5, 5.41) is 12.3. The van der Waals surface area contributed by atoms with Crippen LogP contribution < -0.4 is 5.32 Å². The monoisotopic (exact) mass is 525 g/mol. The Morgan fingerprint density at radius 3 is 2.70 bits per heavy atom. The molecule has 1 N–H and O–H groups in total. The van der Waals surface area contributed by atoms with Gasteiger partial charge in [-0.2, -0.15) is 10.1 Å². The van der Waals surface area contributed by atoms with Gasteiger partial charge in [0.15, 0.2) is 5.69 Å². The van der Waals surface area contributed by atoms with E-state index < -0.39 is 0 Å². The molecule has 1 atom stereocenters. The largest absolute Gasteiger partial charge is 0.351 e. The van der Waals surface area contributed by atoms with E-state index in [2.05, 4.69) is 25.5 Å². The molecule has 3 aromatic rings. The molecule has 196 valence electrons. The number of benzene rings is 1. The highest BCUT2D eigenvalue weighted by Gasteiger charge is 2.31. The van der Waals surface area contributed by atoms with Crippen molar-refractivity contribution in [3.05, 3.63) is 52.1 Å². The standard InChI is InChI=1S/C26H32ClN7O3/c1-32-19-10-11-21-20(15-19)24(30-33(21)2)26(36)28-12-4-14-34(13-3-5-23(32)35)16-22-29-25(31-37-22)17-6-8-18(27)9-7-17/h6-9,19H,3-5,10-16H2,1-2H3,(H,28,36). The van der Waals surface area contributed by atoms with Gasteiger partial charge in [0, 0.05) is 61.5 Å². The molecule has 10 nitrogen and oxygen atoms in total. The minimum Gasteiger partial charge on any atom is -0.351 e. The molecule has 2 amide bonds. The maximum Gasteiger partial charge on any atom is 0.272 e. The van der Waals surface area contributed by atoms with Gasteiger partial charge in [0.05, 0.1) is 6.54 Å². The molecule has 1 aliphatic heterocycles. The van der Waals surface area contributed by atoms with Crippen LogP contribution in [0, 0.1) is 0 Å². The van der Waals surface area contributed by atoms with Crippen molar-refractivity contribution in [3.8, 4) is 11.4 Å². The summed E-state index contributed by atoms with van der Waals surface area (Å²) < 4.78 is 7.33. The third-order valence-corrected chi connectivity index (χ3v) is 7.57. The maximum atomic E-state index is 13.0. The van der Waals surface area contributed by atoms with Crippen LogP contribution in [0.3, 0.4) is 0 Å². The minimum absolute atomic E-state index is 0.0710. The number of hydrogen-bond donors (Lipinski definition) is 1. The second-order valence-electron chi connectivity index (χ2n) is 9.81.